The number of hydrogen-bond acceptors (Lipinski definition) is 3. The molecule has 0 radical (unpaired) electrons. The molecule has 1 rings (SSSR count). The Morgan fingerprint density at radius 1 is 1.41 bits per heavy atom. The number of nitrogens with two attached hydrogens (primary N) is 1. The largest absolute Gasteiger partial charge is 0.496 e. The van der Waals surface area contributed by atoms with Gasteiger partial charge in [-0.3, -0.25) is 0 Å². The van der Waals surface area contributed by atoms with Crippen LogP contribution in [0.4, 0.5) is 5.69 Å². The summed E-state index contributed by atoms with van der Waals surface area (Å²) < 4.78 is 5.33. The van der Waals surface area contributed by atoms with E-state index in [-0.39, 0.29) is 6.04 Å². The molecule has 1 aromatic carbocycles. The molecule has 1 aromatic rings. The van der Waals surface area contributed by atoms with Gasteiger partial charge in [0, 0.05) is 25.3 Å². The van der Waals surface area contributed by atoms with Crippen LogP contribution in [0, 0.1) is 0 Å². The number of rotatable bonds is 6. The average Bonchev–Trinajstić information content (AvgIpc) is 2.34. The highest BCUT2D eigenvalue weighted by molar-refractivity contribution is 5.52. The normalized spacial score (nSPS) is 12.3. The van der Waals surface area contributed by atoms with E-state index in [1.165, 1.54) is 11.3 Å². The molecule has 0 aliphatic rings. The van der Waals surface area contributed by atoms with Crippen molar-refractivity contribution in [2.24, 2.45) is 5.73 Å². The fraction of sp³-hybridized carbons (Fsp3) is 0.571. The highest BCUT2D eigenvalue weighted by atomic mass is 16.5. The van der Waals surface area contributed by atoms with Gasteiger partial charge in [0.25, 0.3) is 0 Å². The Bertz CT molecular complexity index is 350. The van der Waals surface area contributed by atoms with Crippen molar-refractivity contribution in [2.75, 3.05) is 25.6 Å². The number of hydrogen-bond donors (Lipinski definition) is 1. The summed E-state index contributed by atoms with van der Waals surface area (Å²) >= 11 is 0. The summed E-state index contributed by atoms with van der Waals surface area (Å²) in [6.07, 6.45) is 1.99. The van der Waals surface area contributed by atoms with Crippen LogP contribution in [0.15, 0.2) is 18.2 Å². The van der Waals surface area contributed by atoms with Crippen LogP contribution in [0.2, 0.25) is 0 Å². The molecule has 0 spiro atoms. The van der Waals surface area contributed by atoms with Crippen LogP contribution < -0.4 is 15.4 Å². The maximum atomic E-state index is 5.77. The second-order valence-corrected chi connectivity index (χ2v) is 4.54. The molecule has 0 aliphatic carbocycles. The maximum absolute atomic E-state index is 5.77. The minimum Gasteiger partial charge on any atom is -0.496 e. The van der Waals surface area contributed by atoms with E-state index in [0.29, 0.717) is 0 Å². The lowest BCUT2D eigenvalue weighted by molar-refractivity contribution is 0.410. The zero-order chi connectivity index (χ0) is 12.8. The second kappa shape index (κ2) is 6.50. The third-order valence-electron chi connectivity index (χ3n) is 3.01. The van der Waals surface area contributed by atoms with Gasteiger partial charge >= 0.3 is 0 Å². The molecule has 0 amide bonds. The first-order chi connectivity index (χ1) is 8.08. The smallest absolute Gasteiger partial charge is 0.122 e. The topological polar surface area (TPSA) is 38.5 Å². The molecule has 0 aliphatic heterocycles. The molecule has 17 heavy (non-hydrogen) atoms. The maximum Gasteiger partial charge on any atom is 0.122 e. The molecule has 1 atom stereocenters. The summed E-state index contributed by atoms with van der Waals surface area (Å²) in [7, 11) is 3.82. The van der Waals surface area contributed by atoms with Crippen molar-refractivity contribution >= 4 is 5.69 Å². The third-order valence-corrected chi connectivity index (χ3v) is 3.01. The van der Waals surface area contributed by atoms with Crippen molar-refractivity contribution in [3.63, 3.8) is 0 Å². The SMILES string of the molecule is CCc1cc(N(C)CCC(C)N)ccc1OC. The van der Waals surface area contributed by atoms with E-state index in [1.54, 1.807) is 7.11 Å². The lowest BCUT2D eigenvalue weighted by Crippen LogP contribution is -2.25. The molecule has 0 saturated carbocycles. The van der Waals surface area contributed by atoms with Crippen LogP contribution in [-0.2, 0) is 6.42 Å². The Morgan fingerprint density at radius 2 is 2.12 bits per heavy atom. The van der Waals surface area contributed by atoms with Crippen molar-refractivity contribution < 1.29 is 4.74 Å². The number of ether oxygens (including phenoxy) is 1. The highest BCUT2D eigenvalue weighted by Gasteiger charge is 2.06. The number of benzene rings is 1. The minimum atomic E-state index is 0.251. The summed E-state index contributed by atoms with van der Waals surface area (Å²) in [5.41, 5.74) is 8.25. The molecule has 1 unspecified atom stereocenters. The Labute approximate surface area is 105 Å². The van der Waals surface area contributed by atoms with Crippen LogP contribution in [0.5, 0.6) is 5.75 Å². The average molecular weight is 236 g/mol. The fourth-order valence-corrected chi connectivity index (χ4v) is 1.81. The van der Waals surface area contributed by atoms with Gasteiger partial charge in [0.1, 0.15) is 5.75 Å². The monoisotopic (exact) mass is 236 g/mol. The highest BCUT2D eigenvalue weighted by Crippen LogP contribution is 2.24. The molecule has 3 heteroatoms. The first kappa shape index (κ1) is 13.8. The lowest BCUT2D eigenvalue weighted by atomic mass is 10.1. The Morgan fingerprint density at radius 3 is 2.65 bits per heavy atom. The van der Waals surface area contributed by atoms with Crippen molar-refractivity contribution in [3.05, 3.63) is 23.8 Å². The van der Waals surface area contributed by atoms with Crippen LogP contribution in [-0.4, -0.2) is 26.7 Å². The summed E-state index contributed by atoms with van der Waals surface area (Å²) in [5, 5.41) is 0. The standard InChI is InChI=1S/C14H24N2O/c1-5-12-10-13(6-7-14(12)17-4)16(3)9-8-11(2)15/h6-7,10-11H,5,8-9,15H2,1-4H3. The fourth-order valence-electron chi connectivity index (χ4n) is 1.81. The van der Waals surface area contributed by atoms with Crippen LogP contribution in [0.25, 0.3) is 0 Å². The number of anilines is 1. The Hall–Kier alpha value is -1.22. The van der Waals surface area contributed by atoms with E-state index in [4.69, 9.17) is 10.5 Å². The molecule has 0 fully saturated rings. The van der Waals surface area contributed by atoms with E-state index < -0.39 is 0 Å². The van der Waals surface area contributed by atoms with Crippen molar-refractivity contribution in [1.29, 1.82) is 0 Å². The number of aryl methyl sites for hydroxylation is 1. The van der Waals surface area contributed by atoms with Gasteiger partial charge in [-0.25, -0.2) is 0 Å². The van der Waals surface area contributed by atoms with Gasteiger partial charge < -0.3 is 15.4 Å². The molecule has 0 aromatic heterocycles. The Balaban J connectivity index is 2.77. The van der Waals surface area contributed by atoms with Gasteiger partial charge in [-0.05, 0) is 43.5 Å². The lowest BCUT2D eigenvalue weighted by Gasteiger charge is -2.21. The van der Waals surface area contributed by atoms with Crippen molar-refractivity contribution in [1.82, 2.24) is 0 Å². The zero-order valence-corrected chi connectivity index (χ0v) is 11.4. The van der Waals surface area contributed by atoms with Gasteiger partial charge in [-0.2, -0.15) is 0 Å². The molecule has 0 saturated heterocycles. The second-order valence-electron chi connectivity index (χ2n) is 4.54. The summed E-state index contributed by atoms with van der Waals surface area (Å²) in [5.74, 6) is 0.969. The van der Waals surface area contributed by atoms with Crippen LogP contribution in [0.1, 0.15) is 25.8 Å². The van der Waals surface area contributed by atoms with Gasteiger partial charge in [-0.1, -0.05) is 6.92 Å². The van der Waals surface area contributed by atoms with E-state index in [0.717, 1.165) is 25.1 Å². The van der Waals surface area contributed by atoms with Gasteiger partial charge in [0.05, 0.1) is 7.11 Å². The van der Waals surface area contributed by atoms with Gasteiger partial charge in [0.2, 0.25) is 0 Å². The van der Waals surface area contributed by atoms with Crippen LogP contribution >= 0.6 is 0 Å². The molecule has 0 heterocycles. The van der Waals surface area contributed by atoms with Gasteiger partial charge in [0.15, 0.2) is 0 Å². The first-order valence-corrected chi connectivity index (χ1v) is 6.22. The Kier molecular flexibility index (Phi) is 5.29. The quantitative estimate of drug-likeness (QED) is 0.824. The van der Waals surface area contributed by atoms with E-state index in [9.17, 15) is 0 Å². The predicted octanol–water partition coefficient (Wildman–Crippen LogP) is 2.43. The summed E-state index contributed by atoms with van der Waals surface area (Å²) in [6, 6.07) is 6.58. The predicted molar refractivity (Wildman–Crippen MR) is 73.9 cm³/mol. The third kappa shape index (κ3) is 3.93. The molecule has 96 valence electrons. The minimum absolute atomic E-state index is 0.251. The molecule has 3 nitrogen and oxygen atoms in total. The first-order valence-electron chi connectivity index (χ1n) is 6.22. The number of methoxy groups -OCH3 is 1. The van der Waals surface area contributed by atoms with Crippen molar-refractivity contribution in [3.8, 4) is 5.75 Å². The van der Waals surface area contributed by atoms with Crippen LogP contribution in [0.3, 0.4) is 0 Å². The van der Waals surface area contributed by atoms with Gasteiger partial charge in [-0.15, -0.1) is 0 Å². The van der Waals surface area contributed by atoms with E-state index in [1.807, 2.05) is 13.0 Å². The molecular formula is C14H24N2O. The van der Waals surface area contributed by atoms with E-state index >= 15 is 0 Å². The summed E-state index contributed by atoms with van der Waals surface area (Å²) in [4.78, 5) is 2.24. The van der Waals surface area contributed by atoms with Crippen molar-refractivity contribution in [2.45, 2.75) is 32.7 Å². The zero-order valence-electron chi connectivity index (χ0n) is 11.4. The molecule has 0 bridgehead atoms. The number of nitrogens with zero attached hydrogens (tertiary/aromatic N) is 1. The molecule has 2 N–H and O–H groups in total. The molecular weight excluding hydrogens is 212 g/mol. The van der Waals surface area contributed by atoms with E-state index in [2.05, 4.69) is 31.0 Å². The summed E-state index contributed by atoms with van der Waals surface area (Å²) in [6.45, 7) is 5.16.